The molecule has 0 saturated heterocycles. The Hall–Kier alpha value is -0.410. The van der Waals surface area contributed by atoms with Gasteiger partial charge >= 0.3 is 0 Å². The van der Waals surface area contributed by atoms with Crippen molar-refractivity contribution in [1.82, 2.24) is 0 Å². The first-order chi connectivity index (χ1) is 4.70. The van der Waals surface area contributed by atoms with E-state index >= 15 is 0 Å². The first kappa shape index (κ1) is 7.69. The van der Waals surface area contributed by atoms with E-state index in [1.807, 2.05) is 13.0 Å². The molecule has 1 aliphatic rings. The molecule has 3 heteroatoms. The molecule has 0 radical (unpaired) electrons. The van der Waals surface area contributed by atoms with Crippen LogP contribution in [-0.4, -0.2) is 8.76 Å². The zero-order chi connectivity index (χ0) is 7.56. The fourth-order valence-corrected chi connectivity index (χ4v) is 1.31. The van der Waals surface area contributed by atoms with Crippen LogP contribution in [0.5, 0.6) is 0 Å². The fraction of sp³-hybridized carbons (Fsp3) is 0.429. The highest BCUT2D eigenvalue weighted by molar-refractivity contribution is 7.83. The van der Waals surface area contributed by atoms with Crippen LogP contribution in [0.4, 0.5) is 0 Å². The molecule has 1 unspecified atom stereocenters. The summed E-state index contributed by atoms with van der Waals surface area (Å²) in [6.45, 7) is 2.00. The summed E-state index contributed by atoms with van der Waals surface area (Å²) in [5, 5.41) is 0. The maximum atomic E-state index is 10.4. The van der Waals surface area contributed by atoms with Crippen molar-refractivity contribution in [3.63, 3.8) is 0 Å². The third kappa shape index (κ3) is 1.78. The molecule has 0 fully saturated rings. The van der Waals surface area contributed by atoms with Gasteiger partial charge < -0.3 is 4.55 Å². The van der Waals surface area contributed by atoms with Gasteiger partial charge in [-0.1, -0.05) is 17.7 Å². The summed E-state index contributed by atoms with van der Waals surface area (Å²) >= 11 is -2.00. The predicted molar refractivity (Wildman–Crippen MR) is 40.0 cm³/mol. The van der Waals surface area contributed by atoms with Gasteiger partial charge in [0, 0.05) is 4.91 Å². The Bertz CT molecular complexity index is 216. The lowest BCUT2D eigenvalue weighted by Crippen LogP contribution is -1.97. The zero-order valence-electron chi connectivity index (χ0n) is 5.79. The first-order valence-electron chi connectivity index (χ1n) is 3.16. The molecule has 0 spiro atoms. The van der Waals surface area contributed by atoms with Crippen molar-refractivity contribution in [3.8, 4) is 0 Å². The summed E-state index contributed by atoms with van der Waals surface area (Å²) in [4.78, 5) is 0.519. The van der Waals surface area contributed by atoms with Gasteiger partial charge in [-0.25, -0.2) is 0 Å². The SMILES string of the molecule is CC1=CC=C(S(=O)[O-])CC1. The van der Waals surface area contributed by atoms with Crippen LogP contribution in [0.2, 0.25) is 0 Å². The maximum absolute atomic E-state index is 10.4. The molecule has 0 saturated carbocycles. The quantitative estimate of drug-likeness (QED) is 0.541. The van der Waals surface area contributed by atoms with Crippen LogP contribution in [0, 0.1) is 0 Å². The normalized spacial score (nSPS) is 21.4. The number of hydrogen-bond donors (Lipinski definition) is 0. The van der Waals surface area contributed by atoms with Crippen molar-refractivity contribution in [3.05, 3.63) is 22.6 Å². The Labute approximate surface area is 62.9 Å². The summed E-state index contributed by atoms with van der Waals surface area (Å²) in [5.74, 6) is 0. The van der Waals surface area contributed by atoms with E-state index in [1.165, 1.54) is 5.57 Å². The van der Waals surface area contributed by atoms with E-state index in [2.05, 4.69) is 0 Å². The Morgan fingerprint density at radius 2 is 2.20 bits per heavy atom. The maximum Gasteiger partial charge on any atom is 0.00271 e. The van der Waals surface area contributed by atoms with Gasteiger partial charge in [0.25, 0.3) is 0 Å². The van der Waals surface area contributed by atoms with Gasteiger partial charge in [-0.05, 0) is 30.8 Å². The molecule has 0 N–H and O–H groups in total. The van der Waals surface area contributed by atoms with Gasteiger partial charge in [-0.2, -0.15) is 0 Å². The van der Waals surface area contributed by atoms with Gasteiger partial charge in [0.05, 0.1) is 0 Å². The van der Waals surface area contributed by atoms with Crippen molar-refractivity contribution >= 4 is 11.1 Å². The van der Waals surface area contributed by atoms with Crippen molar-refractivity contribution in [2.45, 2.75) is 19.8 Å². The van der Waals surface area contributed by atoms with Crippen LogP contribution in [0.25, 0.3) is 0 Å². The Balaban J connectivity index is 2.74. The van der Waals surface area contributed by atoms with Crippen molar-refractivity contribution in [2.24, 2.45) is 0 Å². The minimum absolute atomic E-state index is 0.519. The molecule has 0 aromatic heterocycles. The lowest BCUT2D eigenvalue weighted by atomic mass is 10.1. The zero-order valence-corrected chi connectivity index (χ0v) is 6.61. The highest BCUT2D eigenvalue weighted by atomic mass is 32.2. The van der Waals surface area contributed by atoms with Gasteiger partial charge in [0.2, 0.25) is 0 Å². The summed E-state index contributed by atoms with van der Waals surface area (Å²) in [7, 11) is 0. The number of hydrogen-bond acceptors (Lipinski definition) is 2. The largest absolute Gasteiger partial charge is 0.769 e. The Morgan fingerprint density at radius 3 is 2.60 bits per heavy atom. The molecule has 1 atom stereocenters. The number of allylic oxidation sites excluding steroid dienone is 4. The minimum atomic E-state index is -2.00. The summed E-state index contributed by atoms with van der Waals surface area (Å²) < 4.78 is 20.7. The van der Waals surface area contributed by atoms with Crippen molar-refractivity contribution in [2.75, 3.05) is 0 Å². The topological polar surface area (TPSA) is 40.1 Å². The van der Waals surface area contributed by atoms with Crippen LogP contribution in [0.1, 0.15) is 19.8 Å². The standard InChI is InChI=1S/C7H10O2S/c1-6-2-4-7(5-3-6)10(8)9/h2,4H,3,5H2,1H3,(H,8,9)/p-1. The lowest BCUT2D eigenvalue weighted by Gasteiger charge is -2.13. The second-order valence-electron chi connectivity index (χ2n) is 2.38. The van der Waals surface area contributed by atoms with Crippen molar-refractivity contribution < 1.29 is 8.76 Å². The number of rotatable bonds is 1. The minimum Gasteiger partial charge on any atom is -0.769 e. The van der Waals surface area contributed by atoms with E-state index in [4.69, 9.17) is 0 Å². The fourth-order valence-electron chi connectivity index (χ4n) is 0.861. The van der Waals surface area contributed by atoms with Crippen LogP contribution in [-0.2, 0) is 11.1 Å². The third-order valence-electron chi connectivity index (χ3n) is 1.53. The smallest absolute Gasteiger partial charge is 0.00271 e. The molecule has 1 rings (SSSR count). The molecule has 0 aliphatic heterocycles. The molecular weight excluding hydrogens is 148 g/mol. The highest BCUT2D eigenvalue weighted by Gasteiger charge is 2.02. The van der Waals surface area contributed by atoms with Gasteiger partial charge in [0.1, 0.15) is 0 Å². The van der Waals surface area contributed by atoms with Gasteiger partial charge in [-0.3, -0.25) is 4.21 Å². The van der Waals surface area contributed by atoms with Crippen LogP contribution < -0.4 is 0 Å². The Morgan fingerprint density at radius 1 is 1.50 bits per heavy atom. The molecule has 56 valence electrons. The van der Waals surface area contributed by atoms with E-state index in [1.54, 1.807) is 6.08 Å². The molecule has 0 aromatic carbocycles. The van der Waals surface area contributed by atoms with Gasteiger partial charge in [0.15, 0.2) is 0 Å². The van der Waals surface area contributed by atoms with E-state index < -0.39 is 11.1 Å². The van der Waals surface area contributed by atoms with Crippen molar-refractivity contribution in [1.29, 1.82) is 0 Å². The van der Waals surface area contributed by atoms with Gasteiger partial charge in [-0.15, -0.1) is 0 Å². The molecule has 1 aliphatic carbocycles. The lowest BCUT2D eigenvalue weighted by molar-refractivity contribution is 0.541. The van der Waals surface area contributed by atoms with Crippen LogP contribution in [0.3, 0.4) is 0 Å². The second-order valence-corrected chi connectivity index (χ2v) is 3.37. The van der Waals surface area contributed by atoms with E-state index in [0.29, 0.717) is 11.3 Å². The second kappa shape index (κ2) is 3.12. The molecule has 0 amide bonds. The predicted octanol–water partition coefficient (Wildman–Crippen LogP) is 1.49. The molecule has 10 heavy (non-hydrogen) atoms. The molecular formula is C7H9O2S-. The molecule has 0 bridgehead atoms. The summed E-state index contributed by atoms with van der Waals surface area (Å²) in [6, 6.07) is 0. The third-order valence-corrected chi connectivity index (χ3v) is 2.30. The molecule has 0 aromatic rings. The van der Waals surface area contributed by atoms with E-state index in [9.17, 15) is 8.76 Å². The first-order valence-corrected chi connectivity index (χ1v) is 4.23. The average molecular weight is 157 g/mol. The monoisotopic (exact) mass is 157 g/mol. The molecule has 0 heterocycles. The summed E-state index contributed by atoms with van der Waals surface area (Å²) in [5.41, 5.74) is 1.24. The van der Waals surface area contributed by atoms with Crippen LogP contribution >= 0.6 is 0 Å². The Kier molecular flexibility index (Phi) is 2.40. The summed E-state index contributed by atoms with van der Waals surface area (Å²) in [6.07, 6.45) is 5.06. The van der Waals surface area contributed by atoms with E-state index in [-0.39, 0.29) is 0 Å². The van der Waals surface area contributed by atoms with Crippen LogP contribution in [0.15, 0.2) is 22.6 Å². The van der Waals surface area contributed by atoms with E-state index in [0.717, 1.165) is 6.42 Å². The molecule has 2 nitrogen and oxygen atoms in total. The average Bonchev–Trinajstić information content (AvgIpc) is 1.88. The highest BCUT2D eigenvalue weighted by Crippen LogP contribution is 2.18.